The number of allylic oxidation sites excluding steroid dienone is 2. The lowest BCUT2D eigenvalue weighted by Gasteiger charge is -2.33. The highest BCUT2D eigenvalue weighted by Crippen LogP contribution is 2.39. The summed E-state index contributed by atoms with van der Waals surface area (Å²) in [5, 5.41) is 0. The zero-order valence-corrected chi connectivity index (χ0v) is 16.1. The highest BCUT2D eigenvalue weighted by atomic mass is 14.3. The number of rotatable bonds is 5. The Morgan fingerprint density at radius 1 is 1.00 bits per heavy atom. The highest BCUT2D eigenvalue weighted by Gasteiger charge is 2.25. The number of hydrogen-bond acceptors (Lipinski definition) is 0. The Balaban J connectivity index is 2.13. The van der Waals surface area contributed by atoms with E-state index in [0.717, 1.165) is 23.7 Å². The maximum Gasteiger partial charge on any atom is -0.000765 e. The van der Waals surface area contributed by atoms with E-state index in [1.807, 2.05) is 0 Å². The Morgan fingerprint density at radius 2 is 1.65 bits per heavy atom. The highest BCUT2D eigenvalue weighted by molar-refractivity contribution is 5.29. The summed E-state index contributed by atoms with van der Waals surface area (Å²) >= 11 is 0. The molecule has 1 aromatic carbocycles. The molecule has 0 radical (unpaired) electrons. The molecule has 3 atom stereocenters. The Labute approximate surface area is 144 Å². The molecule has 23 heavy (non-hydrogen) atoms. The lowest BCUT2D eigenvalue weighted by atomic mass is 9.73. The molecule has 0 heteroatoms. The van der Waals surface area contributed by atoms with Gasteiger partial charge in [0.1, 0.15) is 0 Å². The standard InChI is InChI=1S/C23H36/c1-16(2)13-20-8-10-21(11-9-20)19(6)15-22-14-18(5)7-12-23(22)17(3)4/h8-11,15-19,23H,7,12-14H2,1-6H3/b22-15+/t18-,19+,23+/m0/s1. The van der Waals surface area contributed by atoms with Gasteiger partial charge in [0.25, 0.3) is 0 Å². The summed E-state index contributed by atoms with van der Waals surface area (Å²) in [5.74, 6) is 3.70. The monoisotopic (exact) mass is 312 g/mol. The first kappa shape index (κ1) is 18.3. The van der Waals surface area contributed by atoms with Crippen LogP contribution in [0.3, 0.4) is 0 Å². The first-order chi connectivity index (χ1) is 10.9. The van der Waals surface area contributed by atoms with Crippen molar-refractivity contribution in [2.24, 2.45) is 23.7 Å². The molecule has 1 fully saturated rings. The van der Waals surface area contributed by atoms with Crippen molar-refractivity contribution >= 4 is 0 Å². The molecule has 1 aromatic rings. The van der Waals surface area contributed by atoms with Crippen molar-refractivity contribution in [3.05, 3.63) is 47.0 Å². The lowest BCUT2D eigenvalue weighted by Crippen LogP contribution is -2.20. The van der Waals surface area contributed by atoms with Gasteiger partial charge in [-0.05, 0) is 66.4 Å². The third kappa shape index (κ3) is 5.23. The van der Waals surface area contributed by atoms with Crippen LogP contribution in [0.15, 0.2) is 35.9 Å². The van der Waals surface area contributed by atoms with Crippen LogP contribution in [0.4, 0.5) is 0 Å². The van der Waals surface area contributed by atoms with Gasteiger partial charge in [-0.15, -0.1) is 0 Å². The van der Waals surface area contributed by atoms with Gasteiger partial charge in [-0.3, -0.25) is 0 Å². The molecule has 0 amide bonds. The second-order valence-electron chi connectivity index (χ2n) is 8.61. The third-order valence-corrected chi connectivity index (χ3v) is 5.45. The van der Waals surface area contributed by atoms with Gasteiger partial charge in [0.15, 0.2) is 0 Å². The average molecular weight is 313 g/mol. The summed E-state index contributed by atoms with van der Waals surface area (Å²) in [5.41, 5.74) is 4.65. The van der Waals surface area contributed by atoms with Crippen LogP contribution in [0.25, 0.3) is 0 Å². The van der Waals surface area contributed by atoms with E-state index in [2.05, 4.69) is 71.9 Å². The van der Waals surface area contributed by atoms with Gasteiger partial charge in [-0.1, -0.05) is 77.5 Å². The molecular formula is C23H36. The second-order valence-corrected chi connectivity index (χ2v) is 8.61. The van der Waals surface area contributed by atoms with Crippen LogP contribution in [0.2, 0.25) is 0 Å². The maximum absolute atomic E-state index is 2.58. The van der Waals surface area contributed by atoms with Gasteiger partial charge in [0.05, 0.1) is 0 Å². The summed E-state index contributed by atoms with van der Waals surface area (Å²) in [6.45, 7) is 14.1. The van der Waals surface area contributed by atoms with E-state index in [1.54, 1.807) is 5.57 Å². The molecule has 0 aliphatic heterocycles. The quantitative estimate of drug-likeness (QED) is 0.513. The summed E-state index contributed by atoms with van der Waals surface area (Å²) in [4.78, 5) is 0. The molecule has 0 N–H and O–H groups in total. The lowest BCUT2D eigenvalue weighted by molar-refractivity contribution is 0.306. The molecule has 1 aliphatic rings. The van der Waals surface area contributed by atoms with Crippen molar-refractivity contribution in [1.82, 2.24) is 0 Å². The van der Waals surface area contributed by atoms with Gasteiger partial charge in [0.2, 0.25) is 0 Å². The van der Waals surface area contributed by atoms with Crippen LogP contribution in [0.1, 0.15) is 77.8 Å². The molecule has 0 spiro atoms. The van der Waals surface area contributed by atoms with E-state index in [1.165, 1.54) is 36.8 Å². The topological polar surface area (TPSA) is 0 Å². The van der Waals surface area contributed by atoms with Crippen molar-refractivity contribution in [2.45, 2.75) is 73.1 Å². The van der Waals surface area contributed by atoms with Crippen molar-refractivity contribution in [1.29, 1.82) is 0 Å². The molecule has 0 bridgehead atoms. The maximum atomic E-state index is 2.58. The fourth-order valence-electron chi connectivity index (χ4n) is 4.10. The van der Waals surface area contributed by atoms with E-state index >= 15 is 0 Å². The van der Waals surface area contributed by atoms with E-state index in [0.29, 0.717) is 5.92 Å². The van der Waals surface area contributed by atoms with E-state index in [9.17, 15) is 0 Å². The normalized spacial score (nSPS) is 25.3. The molecule has 0 heterocycles. The van der Waals surface area contributed by atoms with Gasteiger partial charge < -0.3 is 0 Å². The molecule has 2 rings (SSSR count). The van der Waals surface area contributed by atoms with Crippen LogP contribution in [-0.4, -0.2) is 0 Å². The van der Waals surface area contributed by atoms with Gasteiger partial charge in [-0.2, -0.15) is 0 Å². The number of benzene rings is 1. The minimum atomic E-state index is 0.532. The Hall–Kier alpha value is -1.04. The Kier molecular flexibility index (Phi) is 6.50. The molecular weight excluding hydrogens is 276 g/mol. The van der Waals surface area contributed by atoms with Crippen LogP contribution >= 0.6 is 0 Å². The minimum absolute atomic E-state index is 0.532. The van der Waals surface area contributed by atoms with Crippen LogP contribution in [0.5, 0.6) is 0 Å². The van der Waals surface area contributed by atoms with Crippen LogP contribution < -0.4 is 0 Å². The molecule has 0 nitrogen and oxygen atoms in total. The third-order valence-electron chi connectivity index (χ3n) is 5.45. The molecule has 1 saturated carbocycles. The fraction of sp³-hybridized carbons (Fsp3) is 0.652. The zero-order chi connectivity index (χ0) is 17.0. The second kappa shape index (κ2) is 8.18. The Morgan fingerprint density at radius 3 is 2.22 bits per heavy atom. The predicted molar refractivity (Wildman–Crippen MR) is 103 cm³/mol. The molecule has 1 aliphatic carbocycles. The largest absolute Gasteiger partial charge is 0.0778 e. The van der Waals surface area contributed by atoms with Crippen molar-refractivity contribution in [3.63, 3.8) is 0 Å². The van der Waals surface area contributed by atoms with E-state index in [4.69, 9.17) is 0 Å². The first-order valence-corrected chi connectivity index (χ1v) is 9.66. The van der Waals surface area contributed by atoms with Crippen LogP contribution in [0, 0.1) is 23.7 Å². The summed E-state index contributed by atoms with van der Waals surface area (Å²) in [7, 11) is 0. The fourth-order valence-corrected chi connectivity index (χ4v) is 4.10. The predicted octanol–water partition coefficient (Wildman–Crippen LogP) is 7.01. The minimum Gasteiger partial charge on any atom is -0.0778 e. The first-order valence-electron chi connectivity index (χ1n) is 9.66. The summed E-state index contributed by atoms with van der Waals surface area (Å²) < 4.78 is 0. The van der Waals surface area contributed by atoms with Crippen LogP contribution in [-0.2, 0) is 6.42 Å². The van der Waals surface area contributed by atoms with Crippen molar-refractivity contribution in [2.75, 3.05) is 0 Å². The summed E-state index contributed by atoms with van der Waals surface area (Å²) in [6.07, 6.45) is 7.85. The summed E-state index contributed by atoms with van der Waals surface area (Å²) in [6, 6.07) is 9.34. The van der Waals surface area contributed by atoms with Gasteiger partial charge >= 0.3 is 0 Å². The number of hydrogen-bond donors (Lipinski definition) is 0. The SMILES string of the molecule is CC(C)Cc1ccc([C@H](C)/C=C2\C[C@@H](C)CC[C@@H]2C(C)C)cc1. The van der Waals surface area contributed by atoms with Gasteiger partial charge in [0, 0.05) is 0 Å². The van der Waals surface area contributed by atoms with E-state index < -0.39 is 0 Å². The van der Waals surface area contributed by atoms with E-state index in [-0.39, 0.29) is 0 Å². The zero-order valence-electron chi connectivity index (χ0n) is 16.1. The van der Waals surface area contributed by atoms with Crippen molar-refractivity contribution in [3.8, 4) is 0 Å². The molecule has 128 valence electrons. The average Bonchev–Trinajstić information content (AvgIpc) is 2.47. The smallest absolute Gasteiger partial charge is 0.000765 e. The van der Waals surface area contributed by atoms with Gasteiger partial charge in [-0.25, -0.2) is 0 Å². The van der Waals surface area contributed by atoms with Crippen molar-refractivity contribution < 1.29 is 0 Å². The molecule has 0 unspecified atom stereocenters. The molecule has 0 saturated heterocycles. The Bertz CT molecular complexity index is 503. The molecule has 0 aromatic heterocycles.